The van der Waals surface area contributed by atoms with Crippen LogP contribution in [0.3, 0.4) is 0 Å². The maximum atomic E-state index is 11.4. The molecule has 0 spiro atoms. The second-order valence-electron chi connectivity index (χ2n) is 2.71. The first kappa shape index (κ1) is 13.5. The smallest absolute Gasteiger partial charge is 0.279 e. The lowest BCUT2D eigenvalue weighted by molar-refractivity contribution is -0.420. The zero-order valence-electron chi connectivity index (χ0n) is 8.63. The molecule has 0 aromatic rings. The zero-order valence-corrected chi connectivity index (χ0v) is 9.52. The molecule has 7 heteroatoms. The number of nitrogens with two attached hydrogens (primary N) is 2. The van der Waals surface area contributed by atoms with Crippen LogP contribution < -0.4 is 21.8 Å². The SMILES string of the molecule is CNC(=O)/C(C(N)=[NH+]C)=C(/S)CC(N)=O. The summed E-state index contributed by atoms with van der Waals surface area (Å²) < 4.78 is 0. The third-order valence-electron chi connectivity index (χ3n) is 1.62. The van der Waals surface area contributed by atoms with E-state index in [1.54, 1.807) is 7.05 Å². The number of thiol groups is 1. The molecule has 84 valence electrons. The monoisotopic (exact) mass is 231 g/mol. The van der Waals surface area contributed by atoms with E-state index in [9.17, 15) is 9.59 Å². The summed E-state index contributed by atoms with van der Waals surface area (Å²) in [6, 6.07) is 0. The molecule has 0 unspecified atom stereocenters. The lowest BCUT2D eigenvalue weighted by Gasteiger charge is -2.04. The molecule has 0 bridgehead atoms. The van der Waals surface area contributed by atoms with Crippen molar-refractivity contribution in [2.24, 2.45) is 11.5 Å². The van der Waals surface area contributed by atoms with Gasteiger partial charge in [0.2, 0.25) is 5.91 Å². The van der Waals surface area contributed by atoms with Crippen molar-refractivity contribution < 1.29 is 14.6 Å². The van der Waals surface area contributed by atoms with Gasteiger partial charge in [-0.15, -0.1) is 12.6 Å². The van der Waals surface area contributed by atoms with Crippen molar-refractivity contribution in [3.8, 4) is 0 Å². The van der Waals surface area contributed by atoms with Crippen LogP contribution in [0.1, 0.15) is 6.42 Å². The Morgan fingerprint density at radius 1 is 1.40 bits per heavy atom. The fraction of sp³-hybridized carbons (Fsp3) is 0.375. The van der Waals surface area contributed by atoms with E-state index in [2.05, 4.69) is 22.9 Å². The Labute approximate surface area is 93.2 Å². The summed E-state index contributed by atoms with van der Waals surface area (Å²) in [5.74, 6) is -0.862. The number of hydrogen-bond acceptors (Lipinski definition) is 3. The molecule has 0 aromatic heterocycles. The van der Waals surface area contributed by atoms with E-state index in [1.807, 2.05) is 0 Å². The van der Waals surface area contributed by atoms with Crippen molar-refractivity contribution in [2.75, 3.05) is 14.1 Å². The van der Waals surface area contributed by atoms with Gasteiger partial charge in [-0.2, -0.15) is 0 Å². The van der Waals surface area contributed by atoms with Gasteiger partial charge in [-0.25, -0.2) is 0 Å². The van der Waals surface area contributed by atoms with Crippen LogP contribution in [0.5, 0.6) is 0 Å². The Balaban J connectivity index is 5.25. The van der Waals surface area contributed by atoms with E-state index in [0.717, 1.165) is 0 Å². The lowest BCUT2D eigenvalue weighted by Crippen LogP contribution is -2.72. The summed E-state index contributed by atoms with van der Waals surface area (Å²) in [7, 11) is 3.01. The molecule has 0 atom stereocenters. The van der Waals surface area contributed by atoms with Crippen molar-refractivity contribution in [1.82, 2.24) is 5.32 Å². The van der Waals surface area contributed by atoms with Crippen LogP contribution in [0, 0.1) is 0 Å². The van der Waals surface area contributed by atoms with Crippen LogP contribution in [0.2, 0.25) is 0 Å². The van der Waals surface area contributed by atoms with Crippen molar-refractivity contribution in [3.63, 3.8) is 0 Å². The number of carbonyl (C=O) groups is 2. The van der Waals surface area contributed by atoms with Crippen LogP contribution in [0.25, 0.3) is 0 Å². The summed E-state index contributed by atoms with van der Waals surface area (Å²) in [4.78, 5) is 24.9. The molecular formula is C8H15N4O2S+. The fourth-order valence-electron chi connectivity index (χ4n) is 0.912. The largest absolute Gasteiger partial charge is 0.369 e. The molecule has 0 aliphatic rings. The molecule has 6 nitrogen and oxygen atoms in total. The van der Waals surface area contributed by atoms with Gasteiger partial charge in [-0.1, -0.05) is 0 Å². The van der Waals surface area contributed by atoms with Crippen LogP contribution in [-0.4, -0.2) is 31.7 Å². The molecule has 0 saturated carbocycles. The minimum Gasteiger partial charge on any atom is -0.369 e. The number of rotatable bonds is 4. The predicted octanol–water partition coefficient (Wildman–Crippen LogP) is -3.14. The normalized spacial score (nSPS) is 13.1. The van der Waals surface area contributed by atoms with E-state index in [1.165, 1.54) is 7.05 Å². The predicted molar refractivity (Wildman–Crippen MR) is 60.0 cm³/mol. The van der Waals surface area contributed by atoms with Gasteiger partial charge >= 0.3 is 0 Å². The number of carbonyl (C=O) groups excluding carboxylic acids is 2. The first-order valence-electron chi connectivity index (χ1n) is 4.17. The molecule has 2 amide bonds. The fourth-order valence-corrected chi connectivity index (χ4v) is 1.29. The van der Waals surface area contributed by atoms with E-state index in [0.29, 0.717) is 0 Å². The summed E-state index contributed by atoms with van der Waals surface area (Å²) in [5.41, 5.74) is 10.7. The maximum absolute atomic E-state index is 11.4. The van der Waals surface area contributed by atoms with E-state index < -0.39 is 11.8 Å². The zero-order chi connectivity index (χ0) is 12.0. The van der Waals surface area contributed by atoms with Crippen molar-refractivity contribution >= 4 is 30.3 Å². The molecule has 0 aliphatic heterocycles. The second kappa shape index (κ2) is 6.07. The van der Waals surface area contributed by atoms with Crippen LogP contribution >= 0.6 is 12.6 Å². The topological polar surface area (TPSA) is 112 Å². The van der Waals surface area contributed by atoms with Gasteiger partial charge in [0.25, 0.3) is 11.7 Å². The average molecular weight is 231 g/mol. The molecule has 6 N–H and O–H groups in total. The Kier molecular flexibility index (Phi) is 5.46. The molecule has 0 saturated heterocycles. The highest BCUT2D eigenvalue weighted by atomic mass is 32.1. The van der Waals surface area contributed by atoms with Gasteiger partial charge < -0.3 is 11.1 Å². The number of amides is 2. The van der Waals surface area contributed by atoms with Crippen molar-refractivity contribution in [1.29, 1.82) is 0 Å². The third kappa shape index (κ3) is 4.03. The Morgan fingerprint density at radius 2 is 1.93 bits per heavy atom. The van der Waals surface area contributed by atoms with Crippen LogP contribution in [-0.2, 0) is 9.59 Å². The number of likely N-dealkylation sites (N-methyl/N-ethyl adjacent to an activating group) is 1. The second-order valence-corrected chi connectivity index (χ2v) is 3.25. The standard InChI is InChI=1S/C8H14N4O2S/c1-11-7(10)6(8(14)12-2)4(15)3-5(9)13/h15H,3H2,1-2H3,(H2,9,13)(H2,10,11)(H,12,14)/p+1/b6-4+. The summed E-state index contributed by atoms with van der Waals surface area (Å²) in [5, 5.41) is 2.40. The quantitative estimate of drug-likeness (QED) is 0.152. The molecule has 15 heavy (non-hydrogen) atoms. The molecule has 0 aromatic carbocycles. The van der Waals surface area contributed by atoms with E-state index in [4.69, 9.17) is 11.5 Å². The maximum Gasteiger partial charge on any atom is 0.279 e. The highest BCUT2D eigenvalue weighted by molar-refractivity contribution is 7.84. The first-order chi connectivity index (χ1) is 6.93. The van der Waals surface area contributed by atoms with Crippen LogP contribution in [0.15, 0.2) is 10.5 Å². The van der Waals surface area contributed by atoms with Gasteiger partial charge in [-0.3, -0.25) is 20.3 Å². The summed E-state index contributed by atoms with van der Waals surface area (Å²) in [6.45, 7) is 0. The van der Waals surface area contributed by atoms with Crippen molar-refractivity contribution in [2.45, 2.75) is 6.42 Å². The Morgan fingerprint density at radius 3 is 2.27 bits per heavy atom. The Hall–Kier alpha value is -1.50. The van der Waals surface area contributed by atoms with Gasteiger partial charge in [0.1, 0.15) is 5.57 Å². The molecule has 0 rings (SSSR count). The molecule has 0 aliphatic carbocycles. The summed E-state index contributed by atoms with van der Waals surface area (Å²) in [6.07, 6.45) is -0.131. The number of amidine groups is 1. The van der Waals surface area contributed by atoms with E-state index in [-0.39, 0.29) is 22.7 Å². The van der Waals surface area contributed by atoms with Crippen molar-refractivity contribution in [3.05, 3.63) is 10.5 Å². The number of primary amides is 1. The third-order valence-corrected chi connectivity index (χ3v) is 2.00. The molecule has 0 radical (unpaired) electrons. The molecular weight excluding hydrogens is 216 g/mol. The number of hydrogen-bond donors (Lipinski definition) is 5. The van der Waals surface area contributed by atoms with Gasteiger partial charge in [0, 0.05) is 12.0 Å². The van der Waals surface area contributed by atoms with Gasteiger partial charge in [-0.05, 0) is 0 Å². The highest BCUT2D eigenvalue weighted by Crippen LogP contribution is 2.12. The van der Waals surface area contributed by atoms with Crippen LogP contribution in [0.4, 0.5) is 0 Å². The summed E-state index contributed by atoms with van der Waals surface area (Å²) >= 11 is 4.03. The van der Waals surface area contributed by atoms with E-state index >= 15 is 0 Å². The average Bonchev–Trinajstić information content (AvgIpc) is 2.16. The first-order valence-corrected chi connectivity index (χ1v) is 4.61. The minimum atomic E-state index is -0.578. The lowest BCUT2D eigenvalue weighted by atomic mass is 10.1. The Bertz CT molecular complexity index is 336. The van der Waals surface area contributed by atoms with Gasteiger partial charge in [0.05, 0.1) is 13.5 Å². The highest BCUT2D eigenvalue weighted by Gasteiger charge is 2.20. The van der Waals surface area contributed by atoms with Gasteiger partial charge in [0.15, 0.2) is 0 Å². The number of nitrogens with one attached hydrogen (secondary N) is 2. The molecule has 0 fully saturated rings. The molecule has 0 heterocycles. The minimum absolute atomic E-state index is 0.127.